The SMILES string of the molecule is CCOC(=O)C(C(=O)NCC(=O)NC(C)(C)C)C(C)(C)C. The molecule has 1 unspecified atom stereocenters. The van der Waals surface area contributed by atoms with Crippen LogP contribution in [-0.4, -0.2) is 36.5 Å². The summed E-state index contributed by atoms with van der Waals surface area (Å²) in [5.41, 5.74) is -0.955. The molecule has 0 aliphatic carbocycles. The maximum absolute atomic E-state index is 12.2. The zero-order valence-electron chi connectivity index (χ0n) is 14.1. The molecule has 0 radical (unpaired) electrons. The van der Waals surface area contributed by atoms with Crippen molar-refractivity contribution in [2.45, 2.75) is 54.0 Å². The van der Waals surface area contributed by atoms with E-state index in [1.165, 1.54) is 0 Å². The summed E-state index contributed by atoms with van der Waals surface area (Å²) in [5, 5.41) is 5.24. The van der Waals surface area contributed by atoms with Crippen molar-refractivity contribution in [1.82, 2.24) is 10.6 Å². The summed E-state index contributed by atoms with van der Waals surface area (Å²) < 4.78 is 4.94. The number of hydrogen-bond donors (Lipinski definition) is 2. The lowest BCUT2D eigenvalue weighted by Gasteiger charge is -2.28. The number of esters is 1. The van der Waals surface area contributed by atoms with Crippen molar-refractivity contribution < 1.29 is 19.1 Å². The number of ether oxygens (including phenoxy) is 1. The summed E-state index contributed by atoms with van der Waals surface area (Å²) in [4.78, 5) is 35.8. The quantitative estimate of drug-likeness (QED) is 0.591. The molecule has 0 aromatic rings. The minimum absolute atomic E-state index is 0.165. The van der Waals surface area contributed by atoms with E-state index in [1.54, 1.807) is 27.7 Å². The van der Waals surface area contributed by atoms with E-state index in [4.69, 9.17) is 4.74 Å². The fraction of sp³-hybridized carbons (Fsp3) is 0.800. The molecule has 1 atom stereocenters. The third kappa shape index (κ3) is 7.68. The predicted octanol–water partition coefficient (Wildman–Crippen LogP) is 1.24. The van der Waals surface area contributed by atoms with E-state index in [9.17, 15) is 14.4 Å². The molecule has 0 bridgehead atoms. The number of rotatable bonds is 5. The molecule has 2 N–H and O–H groups in total. The fourth-order valence-electron chi connectivity index (χ4n) is 1.81. The van der Waals surface area contributed by atoms with Crippen molar-refractivity contribution in [2.24, 2.45) is 11.3 Å². The van der Waals surface area contributed by atoms with Gasteiger partial charge in [-0.1, -0.05) is 20.8 Å². The number of hydrogen-bond acceptors (Lipinski definition) is 4. The van der Waals surface area contributed by atoms with Crippen molar-refractivity contribution in [1.29, 1.82) is 0 Å². The number of amides is 2. The second-order valence-corrected chi connectivity index (χ2v) is 7.07. The molecular weight excluding hydrogens is 272 g/mol. The van der Waals surface area contributed by atoms with E-state index < -0.39 is 23.2 Å². The Balaban J connectivity index is 4.71. The third-order valence-corrected chi connectivity index (χ3v) is 2.59. The number of nitrogens with one attached hydrogen (secondary N) is 2. The Bertz CT molecular complexity index is 391. The van der Waals surface area contributed by atoms with Crippen LogP contribution in [0.2, 0.25) is 0 Å². The van der Waals surface area contributed by atoms with Crippen LogP contribution in [-0.2, 0) is 19.1 Å². The van der Waals surface area contributed by atoms with Gasteiger partial charge in [-0.25, -0.2) is 0 Å². The number of carbonyl (C=O) groups is 3. The first-order valence-corrected chi connectivity index (χ1v) is 7.14. The molecule has 2 amide bonds. The lowest BCUT2D eigenvalue weighted by atomic mass is 9.80. The van der Waals surface area contributed by atoms with Crippen LogP contribution in [0, 0.1) is 11.3 Å². The van der Waals surface area contributed by atoms with Crippen LogP contribution >= 0.6 is 0 Å². The monoisotopic (exact) mass is 300 g/mol. The summed E-state index contributed by atoms with van der Waals surface area (Å²) in [6.45, 7) is 12.6. The van der Waals surface area contributed by atoms with Gasteiger partial charge in [0.05, 0.1) is 13.2 Å². The van der Waals surface area contributed by atoms with Gasteiger partial charge in [0.15, 0.2) is 0 Å². The summed E-state index contributed by atoms with van der Waals surface area (Å²) in [7, 11) is 0. The van der Waals surface area contributed by atoms with Crippen LogP contribution in [0.1, 0.15) is 48.5 Å². The van der Waals surface area contributed by atoms with Crippen LogP contribution in [0.4, 0.5) is 0 Å². The molecule has 0 aromatic heterocycles. The summed E-state index contributed by atoms with van der Waals surface area (Å²) in [5.74, 6) is -2.31. The topological polar surface area (TPSA) is 84.5 Å². The fourth-order valence-corrected chi connectivity index (χ4v) is 1.81. The molecule has 0 saturated carbocycles. The summed E-state index contributed by atoms with van der Waals surface area (Å²) in [6, 6.07) is 0. The minimum atomic E-state index is -0.945. The Morgan fingerprint density at radius 3 is 1.95 bits per heavy atom. The predicted molar refractivity (Wildman–Crippen MR) is 80.5 cm³/mol. The Labute approximate surface area is 127 Å². The largest absolute Gasteiger partial charge is 0.465 e. The van der Waals surface area contributed by atoms with E-state index >= 15 is 0 Å². The smallest absolute Gasteiger partial charge is 0.319 e. The summed E-state index contributed by atoms with van der Waals surface area (Å²) >= 11 is 0. The molecule has 0 heterocycles. The van der Waals surface area contributed by atoms with E-state index in [1.807, 2.05) is 20.8 Å². The van der Waals surface area contributed by atoms with Gasteiger partial charge >= 0.3 is 5.97 Å². The number of carbonyl (C=O) groups excluding carboxylic acids is 3. The summed E-state index contributed by atoms with van der Waals surface area (Å²) in [6.07, 6.45) is 0. The molecule has 0 fully saturated rings. The molecule has 21 heavy (non-hydrogen) atoms. The molecular formula is C15H28N2O4. The highest BCUT2D eigenvalue weighted by Crippen LogP contribution is 2.27. The van der Waals surface area contributed by atoms with Crippen molar-refractivity contribution in [2.75, 3.05) is 13.2 Å². The van der Waals surface area contributed by atoms with Crippen LogP contribution in [0.3, 0.4) is 0 Å². The first-order valence-electron chi connectivity index (χ1n) is 7.14. The molecule has 6 nitrogen and oxygen atoms in total. The molecule has 0 aliphatic heterocycles. The van der Waals surface area contributed by atoms with E-state index in [0.29, 0.717) is 0 Å². The Kier molecular flexibility index (Phi) is 6.86. The van der Waals surface area contributed by atoms with E-state index in [0.717, 1.165) is 0 Å². The zero-order chi connectivity index (χ0) is 16.8. The van der Waals surface area contributed by atoms with Gasteiger partial charge in [-0.3, -0.25) is 14.4 Å². The highest BCUT2D eigenvalue weighted by atomic mass is 16.5. The van der Waals surface area contributed by atoms with Crippen LogP contribution in [0.25, 0.3) is 0 Å². The first kappa shape index (κ1) is 19.4. The van der Waals surface area contributed by atoms with Crippen molar-refractivity contribution in [3.63, 3.8) is 0 Å². The molecule has 0 aliphatic rings. The van der Waals surface area contributed by atoms with Gasteiger partial charge < -0.3 is 15.4 Å². The average Bonchev–Trinajstić information content (AvgIpc) is 2.22. The van der Waals surface area contributed by atoms with Gasteiger partial charge in [-0.2, -0.15) is 0 Å². The second-order valence-electron chi connectivity index (χ2n) is 7.07. The van der Waals surface area contributed by atoms with Gasteiger partial charge in [-0.05, 0) is 33.1 Å². The van der Waals surface area contributed by atoms with Crippen molar-refractivity contribution in [3.8, 4) is 0 Å². The highest BCUT2D eigenvalue weighted by molar-refractivity contribution is 5.99. The average molecular weight is 300 g/mol. The maximum atomic E-state index is 12.2. The van der Waals surface area contributed by atoms with Gasteiger partial charge in [0.25, 0.3) is 0 Å². The lowest BCUT2D eigenvalue weighted by molar-refractivity contribution is -0.157. The van der Waals surface area contributed by atoms with E-state index in [2.05, 4.69) is 10.6 Å². The van der Waals surface area contributed by atoms with Gasteiger partial charge in [-0.15, -0.1) is 0 Å². The highest BCUT2D eigenvalue weighted by Gasteiger charge is 2.38. The minimum Gasteiger partial charge on any atom is -0.465 e. The van der Waals surface area contributed by atoms with Crippen molar-refractivity contribution >= 4 is 17.8 Å². The molecule has 0 aromatic carbocycles. The lowest BCUT2D eigenvalue weighted by Crippen LogP contribution is -2.49. The molecule has 0 spiro atoms. The zero-order valence-corrected chi connectivity index (χ0v) is 14.1. The van der Waals surface area contributed by atoms with Gasteiger partial charge in [0.2, 0.25) is 11.8 Å². The molecule has 6 heteroatoms. The standard InChI is InChI=1S/C15H28N2O4/c1-8-21-13(20)11(14(2,3)4)12(19)16-9-10(18)17-15(5,6)7/h11H,8-9H2,1-7H3,(H,16,19)(H,17,18). The Morgan fingerprint density at radius 1 is 1.05 bits per heavy atom. The first-order chi connectivity index (χ1) is 9.38. The van der Waals surface area contributed by atoms with Crippen LogP contribution < -0.4 is 10.6 Å². The van der Waals surface area contributed by atoms with E-state index in [-0.39, 0.29) is 24.6 Å². The Hall–Kier alpha value is -1.59. The molecule has 122 valence electrons. The van der Waals surface area contributed by atoms with Gasteiger partial charge in [0, 0.05) is 5.54 Å². The molecule has 0 saturated heterocycles. The van der Waals surface area contributed by atoms with Crippen LogP contribution in [0.5, 0.6) is 0 Å². The molecule has 0 rings (SSSR count). The normalized spacial score (nSPS) is 13.3. The second kappa shape index (κ2) is 7.43. The Morgan fingerprint density at radius 2 is 1.57 bits per heavy atom. The maximum Gasteiger partial charge on any atom is 0.319 e. The van der Waals surface area contributed by atoms with Crippen molar-refractivity contribution in [3.05, 3.63) is 0 Å². The third-order valence-electron chi connectivity index (χ3n) is 2.59. The van der Waals surface area contributed by atoms with Gasteiger partial charge in [0.1, 0.15) is 5.92 Å². The van der Waals surface area contributed by atoms with Crippen LogP contribution in [0.15, 0.2) is 0 Å².